The van der Waals surface area contributed by atoms with E-state index in [0.29, 0.717) is 12.5 Å². The first-order valence-corrected chi connectivity index (χ1v) is 8.26. The molecule has 3 rings (SSSR count). The van der Waals surface area contributed by atoms with Gasteiger partial charge in [-0.3, -0.25) is 0 Å². The minimum absolute atomic E-state index is 0.617. The van der Waals surface area contributed by atoms with Gasteiger partial charge >= 0.3 is 0 Å². The van der Waals surface area contributed by atoms with Crippen molar-refractivity contribution in [3.8, 4) is 0 Å². The lowest BCUT2D eigenvalue weighted by Gasteiger charge is -2.09. The summed E-state index contributed by atoms with van der Waals surface area (Å²) in [5, 5.41) is 7.32. The van der Waals surface area contributed by atoms with Gasteiger partial charge in [-0.05, 0) is 35.7 Å². The molecule has 0 aliphatic rings. The molecule has 0 atom stereocenters. The van der Waals surface area contributed by atoms with Crippen LogP contribution in [0.4, 0.5) is 11.8 Å². The Hall–Kier alpha value is -2.59. The molecule has 1 aromatic heterocycles. The first kappa shape index (κ1) is 16.3. The van der Waals surface area contributed by atoms with Crippen LogP contribution in [0.5, 0.6) is 0 Å². The third-order valence-corrected chi connectivity index (χ3v) is 3.79. The Kier molecular flexibility index (Phi) is 5.64. The quantitative estimate of drug-likeness (QED) is 0.670. The zero-order valence-electron chi connectivity index (χ0n) is 13.2. The lowest BCUT2D eigenvalue weighted by atomic mass is 10.1. The number of rotatable bonds is 7. The molecule has 0 spiro atoms. The molecular formula is C19H19ClN4. The second-order valence-electron chi connectivity index (χ2n) is 5.41. The molecule has 5 heteroatoms. The van der Waals surface area contributed by atoms with Gasteiger partial charge in [-0.25, -0.2) is 4.98 Å². The van der Waals surface area contributed by atoms with E-state index in [1.54, 1.807) is 6.20 Å². The van der Waals surface area contributed by atoms with Gasteiger partial charge in [-0.1, -0.05) is 54.1 Å². The SMILES string of the molecule is Clc1cccc(CCNc2ccnc(NCc3ccccc3)n2)c1. The van der Waals surface area contributed by atoms with E-state index in [4.69, 9.17) is 11.6 Å². The number of aromatic nitrogens is 2. The average molecular weight is 339 g/mol. The highest BCUT2D eigenvalue weighted by atomic mass is 35.5. The third kappa shape index (κ3) is 4.96. The highest BCUT2D eigenvalue weighted by Gasteiger charge is 2.00. The molecule has 0 fully saturated rings. The van der Waals surface area contributed by atoms with Gasteiger partial charge in [0.1, 0.15) is 5.82 Å². The van der Waals surface area contributed by atoms with Crippen LogP contribution in [0.3, 0.4) is 0 Å². The summed E-state index contributed by atoms with van der Waals surface area (Å²) in [7, 11) is 0. The summed E-state index contributed by atoms with van der Waals surface area (Å²) in [6, 6.07) is 20.0. The number of benzene rings is 2. The highest BCUT2D eigenvalue weighted by Crippen LogP contribution is 2.12. The summed E-state index contributed by atoms with van der Waals surface area (Å²) in [6.07, 6.45) is 2.64. The first-order valence-electron chi connectivity index (χ1n) is 7.89. The molecule has 0 saturated carbocycles. The van der Waals surface area contributed by atoms with Crippen LogP contribution in [0.15, 0.2) is 66.9 Å². The fourth-order valence-electron chi connectivity index (χ4n) is 2.35. The monoisotopic (exact) mass is 338 g/mol. The van der Waals surface area contributed by atoms with Gasteiger partial charge in [-0.15, -0.1) is 0 Å². The van der Waals surface area contributed by atoms with Crippen LogP contribution < -0.4 is 10.6 Å². The van der Waals surface area contributed by atoms with E-state index >= 15 is 0 Å². The minimum Gasteiger partial charge on any atom is -0.370 e. The van der Waals surface area contributed by atoms with Crippen LogP contribution in [-0.4, -0.2) is 16.5 Å². The van der Waals surface area contributed by atoms with E-state index in [0.717, 1.165) is 23.8 Å². The van der Waals surface area contributed by atoms with E-state index in [1.165, 1.54) is 11.1 Å². The molecule has 2 N–H and O–H groups in total. The van der Waals surface area contributed by atoms with E-state index in [2.05, 4.69) is 38.8 Å². The number of nitrogens with zero attached hydrogens (tertiary/aromatic N) is 2. The molecule has 0 bridgehead atoms. The van der Waals surface area contributed by atoms with Gasteiger partial charge in [0.15, 0.2) is 0 Å². The molecule has 4 nitrogen and oxygen atoms in total. The van der Waals surface area contributed by atoms with E-state index in [1.807, 2.05) is 42.5 Å². The maximum Gasteiger partial charge on any atom is 0.224 e. The molecular weight excluding hydrogens is 320 g/mol. The smallest absolute Gasteiger partial charge is 0.224 e. The van der Waals surface area contributed by atoms with Crippen molar-refractivity contribution in [3.05, 3.63) is 83.0 Å². The van der Waals surface area contributed by atoms with Crippen molar-refractivity contribution in [3.63, 3.8) is 0 Å². The second-order valence-corrected chi connectivity index (χ2v) is 5.85. The van der Waals surface area contributed by atoms with Crippen molar-refractivity contribution in [1.29, 1.82) is 0 Å². The standard InChI is InChI=1S/C19H19ClN4/c20-17-8-4-7-15(13-17)9-11-21-18-10-12-22-19(24-18)23-14-16-5-2-1-3-6-16/h1-8,10,12-13H,9,11,14H2,(H2,21,22,23,24). The minimum atomic E-state index is 0.617. The number of hydrogen-bond donors (Lipinski definition) is 2. The van der Waals surface area contributed by atoms with Crippen molar-refractivity contribution >= 4 is 23.4 Å². The van der Waals surface area contributed by atoms with Crippen LogP contribution in [0.1, 0.15) is 11.1 Å². The molecule has 24 heavy (non-hydrogen) atoms. The first-order chi connectivity index (χ1) is 11.8. The van der Waals surface area contributed by atoms with Crippen LogP contribution in [0.2, 0.25) is 5.02 Å². The topological polar surface area (TPSA) is 49.8 Å². The van der Waals surface area contributed by atoms with Crippen molar-refractivity contribution in [2.24, 2.45) is 0 Å². The number of nitrogens with one attached hydrogen (secondary N) is 2. The van der Waals surface area contributed by atoms with Gasteiger partial charge in [0.25, 0.3) is 0 Å². The molecule has 0 aliphatic heterocycles. The largest absolute Gasteiger partial charge is 0.370 e. The summed E-state index contributed by atoms with van der Waals surface area (Å²) in [4.78, 5) is 8.73. The van der Waals surface area contributed by atoms with Crippen LogP contribution >= 0.6 is 11.6 Å². The van der Waals surface area contributed by atoms with E-state index < -0.39 is 0 Å². The van der Waals surface area contributed by atoms with Crippen molar-refractivity contribution in [1.82, 2.24) is 9.97 Å². The zero-order chi connectivity index (χ0) is 16.6. The molecule has 0 amide bonds. The van der Waals surface area contributed by atoms with E-state index in [-0.39, 0.29) is 0 Å². The molecule has 1 heterocycles. The van der Waals surface area contributed by atoms with Crippen LogP contribution in [-0.2, 0) is 13.0 Å². The maximum absolute atomic E-state index is 6.00. The van der Waals surface area contributed by atoms with Gasteiger partial charge < -0.3 is 10.6 Å². The van der Waals surface area contributed by atoms with Crippen molar-refractivity contribution < 1.29 is 0 Å². The number of hydrogen-bond acceptors (Lipinski definition) is 4. The second kappa shape index (κ2) is 8.31. The molecule has 0 aliphatic carbocycles. The van der Waals surface area contributed by atoms with Gasteiger partial charge in [0, 0.05) is 24.3 Å². The molecule has 3 aromatic rings. The van der Waals surface area contributed by atoms with Crippen LogP contribution in [0.25, 0.3) is 0 Å². The highest BCUT2D eigenvalue weighted by molar-refractivity contribution is 6.30. The normalized spacial score (nSPS) is 10.4. The molecule has 2 aromatic carbocycles. The van der Waals surface area contributed by atoms with Crippen LogP contribution in [0, 0.1) is 0 Å². The molecule has 0 saturated heterocycles. The summed E-state index contributed by atoms with van der Waals surface area (Å²) in [6.45, 7) is 1.49. The molecule has 0 radical (unpaired) electrons. The zero-order valence-corrected chi connectivity index (χ0v) is 14.0. The van der Waals surface area contributed by atoms with E-state index in [9.17, 15) is 0 Å². The van der Waals surface area contributed by atoms with Crippen molar-refractivity contribution in [2.75, 3.05) is 17.2 Å². The maximum atomic E-state index is 6.00. The predicted octanol–water partition coefficient (Wildman–Crippen LogP) is 4.40. The number of anilines is 2. The molecule has 0 unspecified atom stereocenters. The Bertz CT molecular complexity index is 777. The lowest BCUT2D eigenvalue weighted by molar-refractivity contribution is 0.991. The Morgan fingerprint density at radius 2 is 1.71 bits per heavy atom. The predicted molar refractivity (Wildman–Crippen MR) is 99.4 cm³/mol. The Morgan fingerprint density at radius 3 is 2.54 bits per heavy atom. The lowest BCUT2D eigenvalue weighted by Crippen LogP contribution is -2.09. The van der Waals surface area contributed by atoms with Crippen molar-refractivity contribution in [2.45, 2.75) is 13.0 Å². The third-order valence-electron chi connectivity index (χ3n) is 3.56. The fraction of sp³-hybridized carbons (Fsp3) is 0.158. The van der Waals surface area contributed by atoms with Gasteiger partial charge in [0.05, 0.1) is 0 Å². The summed E-state index contributed by atoms with van der Waals surface area (Å²) in [5.41, 5.74) is 2.40. The average Bonchev–Trinajstić information content (AvgIpc) is 2.61. The summed E-state index contributed by atoms with van der Waals surface area (Å²) in [5.74, 6) is 1.43. The fourth-order valence-corrected chi connectivity index (χ4v) is 2.56. The van der Waals surface area contributed by atoms with Gasteiger partial charge in [0.2, 0.25) is 5.95 Å². The summed E-state index contributed by atoms with van der Waals surface area (Å²) < 4.78 is 0. The molecule has 122 valence electrons. The summed E-state index contributed by atoms with van der Waals surface area (Å²) >= 11 is 6.00. The van der Waals surface area contributed by atoms with Gasteiger partial charge in [-0.2, -0.15) is 4.98 Å². The Morgan fingerprint density at radius 1 is 0.875 bits per heavy atom. The Labute approximate surface area is 146 Å². The number of halogens is 1. The Balaban J connectivity index is 1.51.